The van der Waals surface area contributed by atoms with Crippen molar-refractivity contribution >= 4 is 11.8 Å². The fourth-order valence-electron chi connectivity index (χ4n) is 3.55. The first-order valence-electron chi connectivity index (χ1n) is 9.31. The van der Waals surface area contributed by atoms with Crippen LogP contribution in [-0.2, 0) is 4.79 Å². The summed E-state index contributed by atoms with van der Waals surface area (Å²) in [5.41, 5.74) is 2.69. The number of carbonyl (C=O) groups excluding carboxylic acids is 1. The maximum atomic E-state index is 12.5. The van der Waals surface area contributed by atoms with Crippen LogP contribution in [0.3, 0.4) is 0 Å². The van der Waals surface area contributed by atoms with Gasteiger partial charge in [-0.1, -0.05) is 73.9 Å². The Bertz CT molecular complexity index is 734. The number of Topliss-reactive ketones (excluding diaryl/α,β-unsaturated/α-hetero) is 1. The highest BCUT2D eigenvalue weighted by molar-refractivity contribution is 5.99. The Kier molecular flexibility index (Phi) is 6.18. The molecule has 1 saturated carbocycles. The van der Waals surface area contributed by atoms with E-state index in [-0.39, 0.29) is 18.2 Å². The van der Waals surface area contributed by atoms with E-state index < -0.39 is 12.0 Å². The fraction of sp³-hybridized carbons (Fsp3) is 0.364. The van der Waals surface area contributed by atoms with E-state index in [1.807, 2.05) is 42.5 Å². The third-order valence-corrected chi connectivity index (χ3v) is 5.04. The van der Waals surface area contributed by atoms with Gasteiger partial charge in [0.05, 0.1) is 0 Å². The topological polar surface area (TPSA) is 66.4 Å². The minimum absolute atomic E-state index is 0.0173. The second-order valence-corrected chi connectivity index (χ2v) is 6.96. The van der Waals surface area contributed by atoms with Gasteiger partial charge in [-0.05, 0) is 24.0 Å². The first-order chi connectivity index (χ1) is 12.6. The molecule has 0 spiro atoms. The molecule has 2 aromatic rings. The number of carboxylic acid groups (broad SMARTS) is 1. The van der Waals surface area contributed by atoms with Crippen LogP contribution in [0.2, 0.25) is 0 Å². The van der Waals surface area contributed by atoms with Gasteiger partial charge in [-0.25, -0.2) is 0 Å². The van der Waals surface area contributed by atoms with Gasteiger partial charge in [0.2, 0.25) is 0 Å². The van der Waals surface area contributed by atoms with Crippen LogP contribution >= 0.6 is 0 Å². The summed E-state index contributed by atoms with van der Waals surface area (Å²) in [5, 5.41) is 12.7. The number of hydrogen-bond acceptors (Lipinski definition) is 3. The third-order valence-electron chi connectivity index (χ3n) is 5.04. The van der Waals surface area contributed by atoms with Crippen molar-refractivity contribution in [2.24, 2.45) is 0 Å². The molecule has 0 aliphatic heterocycles. The van der Waals surface area contributed by atoms with Crippen molar-refractivity contribution in [2.45, 2.75) is 50.6 Å². The number of nitrogens with one attached hydrogen (secondary N) is 1. The molecule has 136 valence electrons. The van der Waals surface area contributed by atoms with Crippen molar-refractivity contribution in [3.63, 3.8) is 0 Å². The van der Waals surface area contributed by atoms with Gasteiger partial charge in [-0.15, -0.1) is 0 Å². The van der Waals surface area contributed by atoms with Crippen molar-refractivity contribution in [1.29, 1.82) is 0 Å². The number of hydrogen-bond donors (Lipinski definition) is 2. The van der Waals surface area contributed by atoms with Crippen LogP contribution in [0.25, 0.3) is 11.1 Å². The monoisotopic (exact) mass is 351 g/mol. The summed E-state index contributed by atoms with van der Waals surface area (Å²) in [6.07, 6.45) is 5.42. The highest BCUT2D eigenvalue weighted by Crippen LogP contribution is 2.21. The highest BCUT2D eigenvalue weighted by atomic mass is 16.4. The molecule has 1 atom stereocenters. The van der Waals surface area contributed by atoms with Gasteiger partial charge in [-0.2, -0.15) is 0 Å². The van der Waals surface area contributed by atoms with Crippen molar-refractivity contribution < 1.29 is 14.7 Å². The van der Waals surface area contributed by atoms with Crippen molar-refractivity contribution in [3.8, 4) is 11.1 Å². The maximum absolute atomic E-state index is 12.5. The van der Waals surface area contributed by atoms with Crippen LogP contribution in [0, 0.1) is 0 Å². The molecule has 2 aromatic carbocycles. The molecule has 0 aromatic heterocycles. The van der Waals surface area contributed by atoms with Crippen LogP contribution in [0.1, 0.15) is 48.9 Å². The summed E-state index contributed by atoms with van der Waals surface area (Å²) in [7, 11) is 0. The molecule has 2 N–H and O–H groups in total. The van der Waals surface area contributed by atoms with E-state index in [2.05, 4.69) is 5.32 Å². The van der Waals surface area contributed by atoms with Gasteiger partial charge >= 0.3 is 5.97 Å². The Labute approximate surface area is 154 Å². The third kappa shape index (κ3) is 4.79. The van der Waals surface area contributed by atoms with Gasteiger partial charge in [0.15, 0.2) is 5.78 Å². The standard InChI is InChI=1S/C22H25NO3/c24-21(15-20(22(25)26)23-19-9-5-2-6-10-19)18-13-11-17(12-14-18)16-7-3-1-4-8-16/h1,3-4,7-8,11-14,19-20,23H,2,5-6,9-10,15H2,(H,25,26). The van der Waals surface area contributed by atoms with Crippen LogP contribution in [0.15, 0.2) is 54.6 Å². The summed E-state index contributed by atoms with van der Waals surface area (Å²) < 4.78 is 0. The quantitative estimate of drug-likeness (QED) is 0.730. The molecular weight excluding hydrogens is 326 g/mol. The lowest BCUT2D eigenvalue weighted by Crippen LogP contribution is -2.45. The van der Waals surface area contributed by atoms with E-state index in [0.717, 1.165) is 36.8 Å². The molecule has 4 nitrogen and oxygen atoms in total. The van der Waals surface area contributed by atoms with E-state index in [9.17, 15) is 14.7 Å². The van der Waals surface area contributed by atoms with E-state index in [1.165, 1.54) is 6.42 Å². The molecule has 0 radical (unpaired) electrons. The molecular formula is C22H25NO3. The predicted octanol–water partition coefficient (Wildman–Crippen LogP) is 4.30. The van der Waals surface area contributed by atoms with Crippen LogP contribution in [0.5, 0.6) is 0 Å². The summed E-state index contributed by atoms with van der Waals surface area (Å²) >= 11 is 0. The van der Waals surface area contributed by atoms with Gasteiger partial charge < -0.3 is 10.4 Å². The van der Waals surface area contributed by atoms with E-state index >= 15 is 0 Å². The Hall–Kier alpha value is -2.46. The van der Waals surface area contributed by atoms with Crippen LogP contribution < -0.4 is 5.32 Å². The first-order valence-corrected chi connectivity index (χ1v) is 9.31. The molecule has 4 heteroatoms. The minimum atomic E-state index is -0.954. The average molecular weight is 351 g/mol. The number of carbonyl (C=O) groups is 2. The largest absolute Gasteiger partial charge is 0.480 e. The van der Waals surface area contributed by atoms with Crippen molar-refractivity contribution in [3.05, 3.63) is 60.2 Å². The molecule has 1 unspecified atom stereocenters. The highest BCUT2D eigenvalue weighted by Gasteiger charge is 2.25. The Balaban J connectivity index is 1.64. The van der Waals surface area contributed by atoms with Gasteiger partial charge in [0.1, 0.15) is 6.04 Å². The number of benzene rings is 2. The zero-order valence-electron chi connectivity index (χ0n) is 14.9. The molecule has 1 fully saturated rings. The second kappa shape index (κ2) is 8.77. The van der Waals surface area contributed by atoms with Crippen LogP contribution in [0.4, 0.5) is 0 Å². The average Bonchev–Trinajstić information content (AvgIpc) is 2.69. The molecule has 3 rings (SSSR count). The SMILES string of the molecule is O=C(CC(NC1CCCCC1)C(=O)O)c1ccc(-c2ccccc2)cc1. The van der Waals surface area contributed by atoms with E-state index in [0.29, 0.717) is 5.56 Å². The number of aliphatic carboxylic acids is 1. The molecule has 1 aliphatic rings. The normalized spacial score (nSPS) is 16.2. The fourth-order valence-corrected chi connectivity index (χ4v) is 3.55. The molecule has 26 heavy (non-hydrogen) atoms. The summed E-state index contributed by atoms with van der Waals surface area (Å²) in [6.45, 7) is 0. The maximum Gasteiger partial charge on any atom is 0.321 e. The summed E-state index contributed by atoms with van der Waals surface area (Å²) in [5.74, 6) is -1.09. The molecule has 1 aliphatic carbocycles. The lowest BCUT2D eigenvalue weighted by atomic mass is 9.94. The first kappa shape index (κ1) is 18.3. The van der Waals surface area contributed by atoms with Gasteiger partial charge in [0.25, 0.3) is 0 Å². The van der Waals surface area contributed by atoms with Gasteiger partial charge in [-0.3, -0.25) is 9.59 Å². The zero-order valence-corrected chi connectivity index (χ0v) is 14.9. The van der Waals surface area contributed by atoms with E-state index in [1.54, 1.807) is 12.1 Å². The Morgan fingerprint density at radius 3 is 2.15 bits per heavy atom. The van der Waals surface area contributed by atoms with E-state index in [4.69, 9.17) is 0 Å². The molecule has 0 bridgehead atoms. The summed E-state index contributed by atoms with van der Waals surface area (Å²) in [4.78, 5) is 24.1. The Morgan fingerprint density at radius 2 is 1.54 bits per heavy atom. The number of carboxylic acids is 1. The van der Waals surface area contributed by atoms with Crippen molar-refractivity contribution in [2.75, 3.05) is 0 Å². The van der Waals surface area contributed by atoms with Gasteiger partial charge in [0, 0.05) is 18.0 Å². The summed E-state index contributed by atoms with van der Waals surface area (Å²) in [6, 6.07) is 16.7. The molecule has 0 amide bonds. The zero-order chi connectivity index (χ0) is 18.4. The number of rotatable bonds is 7. The lowest BCUT2D eigenvalue weighted by Gasteiger charge is -2.26. The minimum Gasteiger partial charge on any atom is -0.480 e. The van der Waals surface area contributed by atoms with Crippen molar-refractivity contribution in [1.82, 2.24) is 5.32 Å². The predicted molar refractivity (Wildman–Crippen MR) is 102 cm³/mol. The number of ketones is 1. The molecule has 0 saturated heterocycles. The smallest absolute Gasteiger partial charge is 0.321 e. The Morgan fingerprint density at radius 1 is 0.923 bits per heavy atom. The van der Waals surface area contributed by atoms with Crippen LogP contribution in [-0.4, -0.2) is 28.9 Å². The second-order valence-electron chi connectivity index (χ2n) is 6.96. The molecule has 0 heterocycles. The lowest BCUT2D eigenvalue weighted by molar-refractivity contribution is -0.139.